The van der Waals surface area contributed by atoms with Crippen molar-refractivity contribution in [2.45, 2.75) is 46.0 Å². The molecule has 18 heavy (non-hydrogen) atoms. The Morgan fingerprint density at radius 1 is 1.39 bits per heavy atom. The fourth-order valence-corrected chi connectivity index (χ4v) is 2.27. The molecule has 0 aliphatic heterocycles. The number of hydrogen-bond donors (Lipinski definition) is 0. The van der Waals surface area contributed by atoms with Crippen LogP contribution in [0.25, 0.3) is 0 Å². The van der Waals surface area contributed by atoms with Crippen LogP contribution in [-0.4, -0.2) is 0 Å². The highest BCUT2D eigenvalue weighted by Gasteiger charge is 2.09. The van der Waals surface area contributed by atoms with Crippen molar-refractivity contribution in [3.8, 4) is 0 Å². The standard InChI is InChI=1S/C18H24/c1-14-7-5-4-6-8-18(12-11-17-9-10-17)16(3)13-15(14)2/h4-5,9,12-14H,2,6-8,10-11H2,1,3H3. The maximum absolute atomic E-state index is 4.21. The van der Waals surface area contributed by atoms with Crippen LogP contribution in [0.1, 0.15) is 46.0 Å². The first-order chi connectivity index (χ1) is 8.66. The van der Waals surface area contributed by atoms with Crippen molar-refractivity contribution in [1.29, 1.82) is 0 Å². The molecule has 0 N–H and O–H groups in total. The zero-order valence-electron chi connectivity index (χ0n) is 11.7. The minimum Gasteiger partial charge on any atom is -0.0955 e. The van der Waals surface area contributed by atoms with Gasteiger partial charge in [-0.15, -0.1) is 0 Å². The molecule has 0 saturated carbocycles. The predicted octanol–water partition coefficient (Wildman–Crippen LogP) is 5.51. The van der Waals surface area contributed by atoms with Crippen molar-refractivity contribution in [3.63, 3.8) is 0 Å². The van der Waals surface area contributed by atoms with Gasteiger partial charge in [0.25, 0.3) is 0 Å². The summed E-state index contributed by atoms with van der Waals surface area (Å²) >= 11 is 0. The van der Waals surface area contributed by atoms with Crippen molar-refractivity contribution in [2.75, 3.05) is 0 Å². The third-order valence-electron chi connectivity index (χ3n) is 3.88. The van der Waals surface area contributed by atoms with Gasteiger partial charge in [0.05, 0.1) is 0 Å². The average molecular weight is 240 g/mol. The largest absolute Gasteiger partial charge is 0.0955 e. The summed E-state index contributed by atoms with van der Waals surface area (Å²) in [5.41, 5.74) is 5.76. The molecular formula is C18H24. The topological polar surface area (TPSA) is 0 Å². The molecule has 0 aromatic carbocycles. The Hall–Kier alpha value is -1.30. The van der Waals surface area contributed by atoms with Gasteiger partial charge in [-0.25, -0.2) is 0 Å². The molecule has 0 radical (unpaired) electrons. The van der Waals surface area contributed by atoms with Gasteiger partial charge in [-0.2, -0.15) is 0 Å². The normalized spacial score (nSPS) is 26.9. The molecule has 0 heteroatoms. The van der Waals surface area contributed by atoms with Gasteiger partial charge in [0.15, 0.2) is 0 Å². The van der Waals surface area contributed by atoms with E-state index in [0.29, 0.717) is 5.92 Å². The Bertz CT molecular complexity index is 441. The summed E-state index contributed by atoms with van der Waals surface area (Å²) in [6, 6.07) is 0. The minimum atomic E-state index is 0.557. The summed E-state index contributed by atoms with van der Waals surface area (Å²) in [6.45, 7) is 8.71. The summed E-state index contributed by atoms with van der Waals surface area (Å²) in [6.07, 6.45) is 17.5. The van der Waals surface area contributed by atoms with E-state index in [1.807, 2.05) is 0 Å². The summed E-state index contributed by atoms with van der Waals surface area (Å²) in [5.74, 6) is 0.557. The smallest absolute Gasteiger partial charge is 0.0130 e. The minimum absolute atomic E-state index is 0.557. The van der Waals surface area contributed by atoms with Gasteiger partial charge < -0.3 is 0 Å². The van der Waals surface area contributed by atoms with E-state index in [0.717, 1.165) is 25.7 Å². The Morgan fingerprint density at radius 2 is 2.17 bits per heavy atom. The van der Waals surface area contributed by atoms with E-state index in [4.69, 9.17) is 0 Å². The lowest BCUT2D eigenvalue weighted by molar-refractivity contribution is 0.709. The zero-order valence-corrected chi connectivity index (χ0v) is 11.7. The lowest BCUT2D eigenvalue weighted by Gasteiger charge is -2.14. The SMILES string of the molecule is C=C1C=C(C)C(=CCC2=CC2)CCC=CCC1C. The lowest BCUT2D eigenvalue weighted by Crippen LogP contribution is -1.98. The lowest BCUT2D eigenvalue weighted by atomic mass is 9.91. The van der Waals surface area contributed by atoms with Crippen molar-refractivity contribution in [1.82, 2.24) is 0 Å². The third-order valence-corrected chi connectivity index (χ3v) is 3.88. The summed E-state index contributed by atoms with van der Waals surface area (Å²) in [7, 11) is 0. The van der Waals surface area contributed by atoms with Crippen LogP contribution in [0.15, 0.2) is 59.3 Å². The fourth-order valence-electron chi connectivity index (χ4n) is 2.27. The third kappa shape index (κ3) is 3.87. The van der Waals surface area contributed by atoms with E-state index >= 15 is 0 Å². The maximum Gasteiger partial charge on any atom is -0.0130 e. The van der Waals surface area contributed by atoms with Gasteiger partial charge in [-0.05, 0) is 56.1 Å². The second kappa shape index (κ2) is 6.04. The maximum atomic E-state index is 4.21. The van der Waals surface area contributed by atoms with Gasteiger partial charge in [-0.1, -0.05) is 55.0 Å². The summed E-state index contributed by atoms with van der Waals surface area (Å²) < 4.78 is 0. The van der Waals surface area contributed by atoms with Crippen LogP contribution in [0, 0.1) is 5.92 Å². The molecule has 0 amide bonds. The van der Waals surface area contributed by atoms with Gasteiger partial charge in [0.2, 0.25) is 0 Å². The van der Waals surface area contributed by atoms with E-state index in [2.05, 4.69) is 50.8 Å². The van der Waals surface area contributed by atoms with Crippen LogP contribution < -0.4 is 0 Å². The van der Waals surface area contributed by atoms with Crippen LogP contribution in [-0.2, 0) is 0 Å². The Balaban J connectivity index is 2.14. The molecule has 0 aromatic heterocycles. The molecular weight excluding hydrogens is 216 g/mol. The van der Waals surface area contributed by atoms with Gasteiger partial charge in [0.1, 0.15) is 0 Å². The molecule has 0 bridgehead atoms. The van der Waals surface area contributed by atoms with E-state index in [9.17, 15) is 0 Å². The van der Waals surface area contributed by atoms with Crippen molar-refractivity contribution in [3.05, 3.63) is 59.3 Å². The highest BCUT2D eigenvalue weighted by Crippen LogP contribution is 2.28. The quantitative estimate of drug-likeness (QED) is 0.558. The summed E-state index contributed by atoms with van der Waals surface area (Å²) in [4.78, 5) is 0. The van der Waals surface area contributed by atoms with E-state index in [1.54, 1.807) is 5.57 Å². The molecule has 0 heterocycles. The van der Waals surface area contributed by atoms with Gasteiger partial charge >= 0.3 is 0 Å². The van der Waals surface area contributed by atoms with E-state index < -0.39 is 0 Å². The predicted molar refractivity (Wildman–Crippen MR) is 80.5 cm³/mol. The average Bonchev–Trinajstić information content (AvgIpc) is 3.15. The van der Waals surface area contributed by atoms with E-state index in [1.165, 1.54) is 23.1 Å². The first-order valence-electron chi connectivity index (χ1n) is 7.06. The van der Waals surface area contributed by atoms with Crippen LogP contribution in [0.3, 0.4) is 0 Å². The Morgan fingerprint density at radius 3 is 2.89 bits per heavy atom. The molecule has 2 rings (SSSR count). The molecule has 0 fully saturated rings. The molecule has 0 saturated heterocycles. The number of allylic oxidation sites excluding steroid dienone is 9. The molecule has 0 nitrogen and oxygen atoms in total. The monoisotopic (exact) mass is 240 g/mol. The second-order valence-electron chi connectivity index (χ2n) is 5.55. The summed E-state index contributed by atoms with van der Waals surface area (Å²) in [5, 5.41) is 0. The number of hydrogen-bond acceptors (Lipinski definition) is 0. The fraction of sp³-hybridized carbons (Fsp3) is 0.444. The number of rotatable bonds is 2. The highest BCUT2D eigenvalue weighted by atomic mass is 14.1. The van der Waals surface area contributed by atoms with Gasteiger partial charge in [0, 0.05) is 0 Å². The van der Waals surface area contributed by atoms with Crippen LogP contribution >= 0.6 is 0 Å². The molecule has 0 aromatic rings. The van der Waals surface area contributed by atoms with Crippen LogP contribution in [0.5, 0.6) is 0 Å². The molecule has 1 unspecified atom stereocenters. The highest BCUT2D eigenvalue weighted by molar-refractivity contribution is 5.38. The van der Waals surface area contributed by atoms with Crippen LogP contribution in [0.4, 0.5) is 0 Å². The van der Waals surface area contributed by atoms with Crippen molar-refractivity contribution < 1.29 is 0 Å². The molecule has 2 aliphatic carbocycles. The first kappa shape index (κ1) is 13.1. The zero-order chi connectivity index (χ0) is 13.0. The first-order valence-corrected chi connectivity index (χ1v) is 7.06. The van der Waals surface area contributed by atoms with Crippen LogP contribution in [0.2, 0.25) is 0 Å². The van der Waals surface area contributed by atoms with Crippen molar-refractivity contribution in [2.24, 2.45) is 5.92 Å². The second-order valence-corrected chi connectivity index (χ2v) is 5.55. The van der Waals surface area contributed by atoms with Crippen molar-refractivity contribution >= 4 is 0 Å². The molecule has 2 aliphatic rings. The van der Waals surface area contributed by atoms with Gasteiger partial charge in [-0.3, -0.25) is 0 Å². The Labute approximate surface area is 111 Å². The molecule has 0 spiro atoms. The Kier molecular flexibility index (Phi) is 4.41. The molecule has 1 atom stereocenters. The van der Waals surface area contributed by atoms with E-state index in [-0.39, 0.29) is 0 Å². The molecule has 96 valence electrons.